The Morgan fingerprint density at radius 2 is 1.40 bits per heavy atom. The second-order valence-electron chi connectivity index (χ2n) is 4.90. The zero-order valence-electron chi connectivity index (χ0n) is 10.9. The smallest absolute Gasteiger partial charge is 0.00878 e. The summed E-state index contributed by atoms with van der Waals surface area (Å²) in [5.74, 6) is 0. The number of rotatable bonds is 10. The minimum atomic E-state index is 0.601. The molecule has 0 aliphatic rings. The van der Waals surface area contributed by atoms with Gasteiger partial charge in [-0.05, 0) is 24.7 Å². The van der Waals surface area contributed by atoms with E-state index in [0.29, 0.717) is 5.41 Å². The Bertz CT molecular complexity index is 127. The van der Waals surface area contributed by atoms with Crippen LogP contribution in [-0.2, 0) is 0 Å². The van der Waals surface area contributed by atoms with Gasteiger partial charge in [-0.15, -0.1) is 0 Å². The maximum Gasteiger partial charge on any atom is 0.00878 e. The molecule has 0 aromatic carbocycles. The van der Waals surface area contributed by atoms with E-state index < -0.39 is 0 Å². The lowest BCUT2D eigenvalue weighted by Gasteiger charge is -2.31. The third-order valence-corrected chi connectivity index (χ3v) is 4.84. The first kappa shape index (κ1) is 15.5. The summed E-state index contributed by atoms with van der Waals surface area (Å²) in [5.41, 5.74) is 0.601. The van der Waals surface area contributed by atoms with Crippen LogP contribution in [0.25, 0.3) is 0 Å². The Balaban J connectivity index is 3.88. The van der Waals surface area contributed by atoms with Crippen LogP contribution in [0.15, 0.2) is 0 Å². The summed E-state index contributed by atoms with van der Waals surface area (Å²) in [5, 5.41) is 1.20. The summed E-state index contributed by atoms with van der Waals surface area (Å²) < 4.78 is 0. The highest BCUT2D eigenvalue weighted by atomic mass is 79.9. The molecule has 0 saturated carbocycles. The van der Waals surface area contributed by atoms with E-state index in [9.17, 15) is 0 Å². The SMILES string of the molecule is CCCCCCC(CC)(CBr)CCCC. The predicted molar refractivity (Wildman–Crippen MR) is 74.8 cm³/mol. The molecule has 0 aromatic heterocycles. The van der Waals surface area contributed by atoms with Gasteiger partial charge in [0.05, 0.1) is 0 Å². The van der Waals surface area contributed by atoms with Crippen LogP contribution in [0.2, 0.25) is 0 Å². The normalized spacial score (nSPS) is 15.2. The molecule has 0 saturated heterocycles. The molecule has 0 nitrogen and oxygen atoms in total. The van der Waals surface area contributed by atoms with Gasteiger partial charge in [0.1, 0.15) is 0 Å². The lowest BCUT2D eigenvalue weighted by molar-refractivity contribution is 0.253. The minimum Gasteiger partial charge on any atom is -0.0922 e. The molecule has 0 spiro atoms. The molecule has 0 rings (SSSR count). The Morgan fingerprint density at radius 3 is 1.87 bits per heavy atom. The number of halogens is 1. The Labute approximate surface area is 105 Å². The van der Waals surface area contributed by atoms with Crippen LogP contribution in [0.1, 0.15) is 78.6 Å². The quantitative estimate of drug-likeness (QED) is 0.342. The summed E-state index contributed by atoms with van der Waals surface area (Å²) in [7, 11) is 0. The Kier molecular flexibility index (Phi) is 10.00. The zero-order valence-corrected chi connectivity index (χ0v) is 12.5. The Morgan fingerprint density at radius 1 is 0.800 bits per heavy atom. The molecule has 0 aliphatic carbocycles. The number of hydrogen-bond donors (Lipinski definition) is 0. The van der Waals surface area contributed by atoms with Crippen molar-refractivity contribution in [3.05, 3.63) is 0 Å². The van der Waals surface area contributed by atoms with E-state index in [4.69, 9.17) is 0 Å². The van der Waals surface area contributed by atoms with Crippen molar-refractivity contribution < 1.29 is 0 Å². The fourth-order valence-electron chi connectivity index (χ4n) is 2.19. The van der Waals surface area contributed by atoms with E-state index in [1.165, 1.54) is 63.1 Å². The molecule has 92 valence electrons. The van der Waals surface area contributed by atoms with E-state index in [1.807, 2.05) is 0 Å². The number of unbranched alkanes of at least 4 members (excludes halogenated alkanes) is 4. The molecule has 15 heavy (non-hydrogen) atoms. The first-order chi connectivity index (χ1) is 7.24. The minimum absolute atomic E-state index is 0.601. The van der Waals surface area contributed by atoms with E-state index in [0.717, 1.165) is 0 Å². The van der Waals surface area contributed by atoms with E-state index in [-0.39, 0.29) is 0 Å². The maximum absolute atomic E-state index is 3.73. The molecule has 0 fully saturated rings. The highest BCUT2D eigenvalue weighted by Crippen LogP contribution is 2.36. The predicted octanol–water partition coefficient (Wildman–Crippen LogP) is 5.94. The summed E-state index contributed by atoms with van der Waals surface area (Å²) >= 11 is 3.73. The molecule has 1 heteroatoms. The molecule has 0 heterocycles. The monoisotopic (exact) mass is 276 g/mol. The second kappa shape index (κ2) is 9.69. The summed E-state index contributed by atoms with van der Waals surface area (Å²) in [6.45, 7) is 6.94. The second-order valence-corrected chi connectivity index (χ2v) is 5.46. The van der Waals surface area contributed by atoms with Gasteiger partial charge in [0.25, 0.3) is 0 Å². The molecule has 0 bridgehead atoms. The Hall–Kier alpha value is 0.480. The lowest BCUT2D eigenvalue weighted by Crippen LogP contribution is -2.21. The van der Waals surface area contributed by atoms with Crippen LogP contribution in [0.5, 0.6) is 0 Å². The maximum atomic E-state index is 3.73. The van der Waals surface area contributed by atoms with Gasteiger partial charge in [-0.3, -0.25) is 0 Å². The van der Waals surface area contributed by atoms with Crippen molar-refractivity contribution in [1.29, 1.82) is 0 Å². The molecule has 0 amide bonds. The topological polar surface area (TPSA) is 0 Å². The van der Waals surface area contributed by atoms with Crippen LogP contribution in [0.3, 0.4) is 0 Å². The molecular formula is C14H29Br. The summed E-state index contributed by atoms with van der Waals surface area (Å²) in [6.07, 6.45) is 12.5. The molecule has 1 atom stereocenters. The van der Waals surface area contributed by atoms with Crippen molar-refractivity contribution in [2.75, 3.05) is 5.33 Å². The highest BCUT2D eigenvalue weighted by Gasteiger charge is 2.25. The largest absolute Gasteiger partial charge is 0.0922 e. The van der Waals surface area contributed by atoms with Gasteiger partial charge >= 0.3 is 0 Å². The average Bonchev–Trinajstić information content (AvgIpc) is 2.29. The van der Waals surface area contributed by atoms with Crippen LogP contribution in [0.4, 0.5) is 0 Å². The zero-order chi connectivity index (χ0) is 11.6. The van der Waals surface area contributed by atoms with Gasteiger partial charge < -0.3 is 0 Å². The van der Waals surface area contributed by atoms with Crippen molar-refractivity contribution in [2.45, 2.75) is 78.6 Å². The van der Waals surface area contributed by atoms with Gasteiger partial charge in [0, 0.05) is 5.33 Å². The van der Waals surface area contributed by atoms with Gasteiger partial charge in [0.15, 0.2) is 0 Å². The van der Waals surface area contributed by atoms with Crippen molar-refractivity contribution in [1.82, 2.24) is 0 Å². The van der Waals surface area contributed by atoms with Gasteiger partial charge in [0.2, 0.25) is 0 Å². The fourth-order valence-corrected chi connectivity index (χ4v) is 3.14. The first-order valence-electron chi connectivity index (χ1n) is 6.80. The van der Waals surface area contributed by atoms with Crippen LogP contribution in [0, 0.1) is 5.41 Å². The third kappa shape index (κ3) is 6.60. The van der Waals surface area contributed by atoms with Crippen molar-refractivity contribution in [3.63, 3.8) is 0 Å². The molecule has 0 N–H and O–H groups in total. The molecular weight excluding hydrogens is 248 g/mol. The first-order valence-corrected chi connectivity index (χ1v) is 7.92. The number of hydrogen-bond acceptors (Lipinski definition) is 0. The molecule has 0 aliphatic heterocycles. The van der Waals surface area contributed by atoms with Crippen LogP contribution in [-0.4, -0.2) is 5.33 Å². The van der Waals surface area contributed by atoms with E-state index in [1.54, 1.807) is 0 Å². The lowest BCUT2D eigenvalue weighted by atomic mass is 9.78. The van der Waals surface area contributed by atoms with Crippen molar-refractivity contribution in [3.8, 4) is 0 Å². The summed E-state index contributed by atoms with van der Waals surface area (Å²) in [6, 6.07) is 0. The third-order valence-electron chi connectivity index (χ3n) is 3.65. The molecule has 0 radical (unpaired) electrons. The average molecular weight is 277 g/mol. The molecule has 1 unspecified atom stereocenters. The highest BCUT2D eigenvalue weighted by molar-refractivity contribution is 9.09. The van der Waals surface area contributed by atoms with Crippen molar-refractivity contribution in [2.24, 2.45) is 5.41 Å². The van der Waals surface area contributed by atoms with Gasteiger partial charge in [-0.25, -0.2) is 0 Å². The molecule has 0 aromatic rings. The van der Waals surface area contributed by atoms with Crippen LogP contribution < -0.4 is 0 Å². The van der Waals surface area contributed by atoms with E-state index >= 15 is 0 Å². The number of alkyl halides is 1. The van der Waals surface area contributed by atoms with Gasteiger partial charge in [-0.2, -0.15) is 0 Å². The fraction of sp³-hybridized carbons (Fsp3) is 1.00. The van der Waals surface area contributed by atoms with Gasteiger partial charge in [-0.1, -0.05) is 75.2 Å². The van der Waals surface area contributed by atoms with E-state index in [2.05, 4.69) is 36.7 Å². The van der Waals surface area contributed by atoms with Crippen LogP contribution >= 0.6 is 15.9 Å². The van der Waals surface area contributed by atoms with Crippen molar-refractivity contribution >= 4 is 15.9 Å². The summed E-state index contributed by atoms with van der Waals surface area (Å²) in [4.78, 5) is 0. The standard InChI is InChI=1S/C14H29Br/c1-4-7-9-10-12-14(6-3,13-15)11-8-5-2/h4-13H2,1-3H3.